The Labute approximate surface area is 208 Å². The summed E-state index contributed by atoms with van der Waals surface area (Å²) in [7, 11) is 1.59. The SMILES string of the molecule is C=CC(=O)Nc1ccccc1Nc1nc(Nc2ccc(N3CCOCC3)cc2OC)ncc1C(N)=O. The predicted octanol–water partition coefficient (Wildman–Crippen LogP) is 3.03. The molecule has 0 bridgehead atoms. The van der Waals surface area contributed by atoms with E-state index >= 15 is 0 Å². The van der Waals surface area contributed by atoms with E-state index in [1.54, 1.807) is 31.4 Å². The molecule has 5 N–H and O–H groups in total. The van der Waals surface area contributed by atoms with Crippen LogP contribution in [-0.2, 0) is 9.53 Å². The monoisotopic (exact) mass is 489 g/mol. The third kappa shape index (κ3) is 5.70. The van der Waals surface area contributed by atoms with Crippen molar-refractivity contribution in [2.24, 2.45) is 5.73 Å². The Morgan fingerprint density at radius 1 is 1.11 bits per heavy atom. The molecule has 4 rings (SSSR count). The van der Waals surface area contributed by atoms with Crippen molar-refractivity contribution in [2.75, 3.05) is 54.3 Å². The number of nitrogens with zero attached hydrogens (tertiary/aromatic N) is 3. The highest BCUT2D eigenvalue weighted by Gasteiger charge is 2.17. The number of aromatic nitrogens is 2. The molecule has 0 saturated carbocycles. The van der Waals surface area contributed by atoms with Crippen LogP contribution in [-0.4, -0.2) is 55.2 Å². The lowest BCUT2D eigenvalue weighted by Gasteiger charge is -2.29. The molecular formula is C25H27N7O4. The number of primary amides is 1. The second kappa shape index (κ2) is 11.2. The second-order valence-electron chi connectivity index (χ2n) is 7.79. The number of carbonyl (C=O) groups is 2. The van der Waals surface area contributed by atoms with E-state index in [1.165, 1.54) is 6.20 Å². The van der Waals surface area contributed by atoms with Gasteiger partial charge in [-0.15, -0.1) is 0 Å². The molecule has 11 heteroatoms. The molecule has 2 heterocycles. The molecule has 186 valence electrons. The number of methoxy groups -OCH3 is 1. The average Bonchev–Trinajstić information content (AvgIpc) is 2.90. The van der Waals surface area contributed by atoms with E-state index < -0.39 is 5.91 Å². The van der Waals surface area contributed by atoms with E-state index in [1.807, 2.05) is 18.2 Å². The number of para-hydroxylation sites is 2. The Hall–Kier alpha value is -4.64. The van der Waals surface area contributed by atoms with Gasteiger partial charge in [-0.3, -0.25) is 9.59 Å². The number of anilines is 6. The Kier molecular flexibility index (Phi) is 7.61. The summed E-state index contributed by atoms with van der Waals surface area (Å²) in [6.45, 7) is 6.43. The number of hydrogen-bond donors (Lipinski definition) is 4. The summed E-state index contributed by atoms with van der Waals surface area (Å²) in [6.07, 6.45) is 2.50. The minimum atomic E-state index is -0.705. The first-order valence-electron chi connectivity index (χ1n) is 11.2. The Balaban J connectivity index is 1.61. The van der Waals surface area contributed by atoms with Gasteiger partial charge >= 0.3 is 0 Å². The fourth-order valence-electron chi connectivity index (χ4n) is 3.65. The summed E-state index contributed by atoms with van der Waals surface area (Å²) in [6, 6.07) is 12.8. The van der Waals surface area contributed by atoms with E-state index in [0.29, 0.717) is 36.0 Å². The smallest absolute Gasteiger partial charge is 0.254 e. The molecule has 1 saturated heterocycles. The summed E-state index contributed by atoms with van der Waals surface area (Å²) in [5.74, 6) is -0.0913. The lowest BCUT2D eigenvalue weighted by Crippen LogP contribution is -2.36. The van der Waals surface area contributed by atoms with Gasteiger partial charge < -0.3 is 36.1 Å². The van der Waals surface area contributed by atoms with Crippen molar-refractivity contribution in [3.8, 4) is 5.75 Å². The van der Waals surface area contributed by atoms with Crippen LogP contribution in [0.15, 0.2) is 61.3 Å². The molecule has 0 spiro atoms. The molecule has 0 radical (unpaired) electrons. The van der Waals surface area contributed by atoms with Crippen LogP contribution in [0.4, 0.5) is 34.5 Å². The number of amides is 2. The van der Waals surface area contributed by atoms with Crippen molar-refractivity contribution in [1.82, 2.24) is 9.97 Å². The van der Waals surface area contributed by atoms with Crippen molar-refractivity contribution in [2.45, 2.75) is 0 Å². The van der Waals surface area contributed by atoms with Crippen LogP contribution in [0, 0.1) is 0 Å². The fourth-order valence-corrected chi connectivity index (χ4v) is 3.65. The first kappa shape index (κ1) is 24.5. The van der Waals surface area contributed by atoms with Crippen molar-refractivity contribution in [1.29, 1.82) is 0 Å². The van der Waals surface area contributed by atoms with Gasteiger partial charge in [0, 0.05) is 31.0 Å². The largest absolute Gasteiger partial charge is 0.494 e. The third-order valence-corrected chi connectivity index (χ3v) is 5.49. The highest BCUT2D eigenvalue weighted by Crippen LogP contribution is 2.33. The number of nitrogens with one attached hydrogen (secondary N) is 3. The molecular weight excluding hydrogens is 462 g/mol. The van der Waals surface area contributed by atoms with Crippen LogP contribution in [0.2, 0.25) is 0 Å². The van der Waals surface area contributed by atoms with E-state index in [9.17, 15) is 9.59 Å². The average molecular weight is 490 g/mol. The van der Waals surface area contributed by atoms with Gasteiger partial charge in [0.25, 0.3) is 5.91 Å². The summed E-state index contributed by atoms with van der Waals surface area (Å²) in [5.41, 5.74) is 8.28. The second-order valence-corrected chi connectivity index (χ2v) is 7.79. The van der Waals surface area contributed by atoms with Gasteiger partial charge in [0.05, 0.1) is 37.4 Å². The molecule has 0 aliphatic carbocycles. The minimum absolute atomic E-state index is 0.0834. The van der Waals surface area contributed by atoms with Gasteiger partial charge in [0.15, 0.2) is 0 Å². The number of rotatable bonds is 9. The van der Waals surface area contributed by atoms with Crippen LogP contribution < -0.4 is 31.3 Å². The normalized spacial score (nSPS) is 13.0. The van der Waals surface area contributed by atoms with Gasteiger partial charge in [-0.1, -0.05) is 18.7 Å². The van der Waals surface area contributed by atoms with Gasteiger partial charge in [-0.2, -0.15) is 4.98 Å². The first-order chi connectivity index (χ1) is 17.5. The molecule has 2 amide bonds. The number of morpholine rings is 1. The minimum Gasteiger partial charge on any atom is -0.494 e. The summed E-state index contributed by atoms with van der Waals surface area (Å²) in [4.78, 5) is 34.8. The zero-order valence-corrected chi connectivity index (χ0v) is 19.8. The van der Waals surface area contributed by atoms with Crippen LogP contribution in [0.5, 0.6) is 5.75 Å². The molecule has 1 aliphatic heterocycles. The van der Waals surface area contributed by atoms with Crippen LogP contribution in [0.3, 0.4) is 0 Å². The summed E-state index contributed by atoms with van der Waals surface area (Å²) >= 11 is 0. The van der Waals surface area contributed by atoms with E-state index in [4.69, 9.17) is 15.2 Å². The third-order valence-electron chi connectivity index (χ3n) is 5.49. The van der Waals surface area contributed by atoms with Crippen molar-refractivity contribution >= 4 is 46.3 Å². The highest BCUT2D eigenvalue weighted by atomic mass is 16.5. The fraction of sp³-hybridized carbons (Fsp3) is 0.200. The molecule has 0 unspecified atom stereocenters. The molecule has 2 aromatic carbocycles. The maximum atomic E-state index is 12.0. The number of carbonyl (C=O) groups excluding carboxylic acids is 2. The van der Waals surface area contributed by atoms with Crippen LogP contribution in [0.1, 0.15) is 10.4 Å². The maximum Gasteiger partial charge on any atom is 0.254 e. The number of hydrogen-bond acceptors (Lipinski definition) is 9. The van der Waals surface area contributed by atoms with E-state index in [0.717, 1.165) is 24.9 Å². The molecule has 3 aromatic rings. The molecule has 0 atom stereocenters. The predicted molar refractivity (Wildman–Crippen MR) is 138 cm³/mol. The van der Waals surface area contributed by atoms with Crippen LogP contribution in [0.25, 0.3) is 0 Å². The molecule has 1 aromatic heterocycles. The van der Waals surface area contributed by atoms with Crippen molar-refractivity contribution in [3.05, 3.63) is 66.9 Å². The zero-order valence-electron chi connectivity index (χ0n) is 19.8. The summed E-state index contributed by atoms with van der Waals surface area (Å²) < 4.78 is 11.0. The quantitative estimate of drug-likeness (QED) is 0.333. The topological polar surface area (TPSA) is 144 Å². The maximum absolute atomic E-state index is 12.0. The molecule has 1 aliphatic rings. The lowest BCUT2D eigenvalue weighted by molar-refractivity contribution is -0.111. The van der Waals surface area contributed by atoms with Crippen molar-refractivity contribution < 1.29 is 19.1 Å². The first-order valence-corrected chi connectivity index (χ1v) is 11.2. The Morgan fingerprint density at radius 3 is 2.56 bits per heavy atom. The van der Waals surface area contributed by atoms with E-state index in [2.05, 4.69) is 37.4 Å². The number of ether oxygens (including phenoxy) is 2. The summed E-state index contributed by atoms with van der Waals surface area (Å²) in [5, 5.41) is 8.91. The van der Waals surface area contributed by atoms with Gasteiger partial charge in [-0.05, 0) is 30.3 Å². The van der Waals surface area contributed by atoms with E-state index in [-0.39, 0.29) is 23.2 Å². The van der Waals surface area contributed by atoms with Crippen molar-refractivity contribution in [3.63, 3.8) is 0 Å². The van der Waals surface area contributed by atoms with Crippen LogP contribution >= 0.6 is 0 Å². The standard InChI is InChI=1S/C25H27N7O4/c1-3-22(33)28-18-6-4-5-7-19(18)29-24-17(23(26)34)15-27-25(31-24)30-20-9-8-16(14-21(20)35-2)32-10-12-36-13-11-32/h3-9,14-15H,1,10-13H2,2H3,(H2,26,34)(H,28,33)(H2,27,29,30,31). The molecule has 11 nitrogen and oxygen atoms in total. The Morgan fingerprint density at radius 2 is 1.86 bits per heavy atom. The highest BCUT2D eigenvalue weighted by molar-refractivity contribution is 6.02. The molecule has 1 fully saturated rings. The Bertz CT molecular complexity index is 1280. The number of nitrogens with two attached hydrogens (primary N) is 1. The van der Waals surface area contributed by atoms with Gasteiger partial charge in [0.2, 0.25) is 11.9 Å². The van der Waals surface area contributed by atoms with Gasteiger partial charge in [-0.25, -0.2) is 4.98 Å². The zero-order chi connectivity index (χ0) is 25.5. The molecule has 36 heavy (non-hydrogen) atoms. The van der Waals surface area contributed by atoms with Gasteiger partial charge in [0.1, 0.15) is 17.1 Å². The lowest BCUT2D eigenvalue weighted by atomic mass is 10.2. The number of benzene rings is 2.